The molecule has 0 aliphatic carbocycles. The maximum atomic E-state index is 11.9. The van der Waals surface area contributed by atoms with Crippen LogP contribution in [0, 0.1) is 0 Å². The lowest BCUT2D eigenvalue weighted by Crippen LogP contribution is -2.33. The first kappa shape index (κ1) is 13.7. The van der Waals surface area contributed by atoms with E-state index >= 15 is 0 Å². The van der Waals surface area contributed by atoms with Crippen LogP contribution in [0.5, 0.6) is 0 Å². The number of carbonyl (C=O) groups is 1. The zero-order chi connectivity index (χ0) is 12.7. The average molecular weight is 237 g/mol. The molecule has 1 amide bonds. The van der Waals surface area contributed by atoms with Gasteiger partial charge in [0.05, 0.1) is 6.61 Å². The lowest BCUT2D eigenvalue weighted by Gasteiger charge is -2.12. The molecule has 0 saturated carbocycles. The predicted molar refractivity (Wildman–Crippen MR) is 65.8 cm³/mol. The molecule has 1 rings (SSSR count). The Kier molecular flexibility index (Phi) is 5.66. The van der Waals surface area contributed by atoms with Gasteiger partial charge < -0.3 is 15.2 Å². The summed E-state index contributed by atoms with van der Waals surface area (Å²) in [6.07, 6.45) is 0.559. The second-order valence-corrected chi connectivity index (χ2v) is 4.02. The molecule has 0 radical (unpaired) electrons. The van der Waals surface area contributed by atoms with Crippen molar-refractivity contribution in [3.8, 4) is 0 Å². The number of hydrogen-bond donors (Lipinski definition) is 2. The molecule has 0 saturated heterocycles. The van der Waals surface area contributed by atoms with Crippen LogP contribution >= 0.6 is 0 Å². The molecule has 4 nitrogen and oxygen atoms in total. The molecule has 0 aromatic heterocycles. The molecule has 0 heterocycles. The van der Waals surface area contributed by atoms with Gasteiger partial charge in [-0.05, 0) is 31.0 Å². The van der Waals surface area contributed by atoms with Gasteiger partial charge in [0.2, 0.25) is 0 Å². The van der Waals surface area contributed by atoms with Gasteiger partial charge in [0, 0.05) is 25.3 Å². The highest BCUT2D eigenvalue weighted by atomic mass is 16.5. The van der Waals surface area contributed by atoms with Crippen LogP contribution in [-0.4, -0.2) is 30.8 Å². The van der Waals surface area contributed by atoms with Crippen LogP contribution < -0.4 is 5.32 Å². The van der Waals surface area contributed by atoms with E-state index in [9.17, 15) is 4.79 Å². The van der Waals surface area contributed by atoms with Gasteiger partial charge in [-0.25, -0.2) is 0 Å². The number of amides is 1. The SMILES string of the molecule is COCc1cccc(C(=O)NC(C)CCO)c1. The van der Waals surface area contributed by atoms with Crippen molar-refractivity contribution in [2.45, 2.75) is 26.0 Å². The average Bonchev–Trinajstić information content (AvgIpc) is 2.30. The van der Waals surface area contributed by atoms with Gasteiger partial charge in [0.1, 0.15) is 0 Å². The van der Waals surface area contributed by atoms with E-state index < -0.39 is 0 Å². The van der Waals surface area contributed by atoms with E-state index in [1.165, 1.54) is 0 Å². The minimum Gasteiger partial charge on any atom is -0.396 e. The first-order valence-electron chi connectivity index (χ1n) is 5.67. The van der Waals surface area contributed by atoms with Gasteiger partial charge in [-0.2, -0.15) is 0 Å². The van der Waals surface area contributed by atoms with Crippen LogP contribution in [0.3, 0.4) is 0 Å². The van der Waals surface area contributed by atoms with E-state index in [0.29, 0.717) is 18.6 Å². The normalized spacial score (nSPS) is 12.2. The fourth-order valence-corrected chi connectivity index (χ4v) is 1.54. The molecule has 1 aromatic carbocycles. The van der Waals surface area contributed by atoms with Crippen molar-refractivity contribution in [3.63, 3.8) is 0 Å². The minimum atomic E-state index is -0.121. The Morgan fingerprint density at radius 1 is 1.53 bits per heavy atom. The summed E-state index contributed by atoms with van der Waals surface area (Å²) in [5.41, 5.74) is 1.58. The molecular weight excluding hydrogens is 218 g/mol. The van der Waals surface area contributed by atoms with E-state index in [4.69, 9.17) is 9.84 Å². The number of nitrogens with one attached hydrogen (secondary N) is 1. The largest absolute Gasteiger partial charge is 0.396 e. The molecular formula is C13H19NO3. The fourth-order valence-electron chi connectivity index (χ4n) is 1.54. The van der Waals surface area contributed by atoms with Gasteiger partial charge in [0.15, 0.2) is 0 Å². The van der Waals surface area contributed by atoms with Gasteiger partial charge in [-0.15, -0.1) is 0 Å². The highest BCUT2D eigenvalue weighted by Gasteiger charge is 2.09. The van der Waals surface area contributed by atoms with Gasteiger partial charge >= 0.3 is 0 Å². The third-order valence-corrected chi connectivity index (χ3v) is 2.44. The number of aliphatic hydroxyl groups is 1. The highest BCUT2D eigenvalue weighted by molar-refractivity contribution is 5.94. The van der Waals surface area contributed by atoms with E-state index in [0.717, 1.165) is 5.56 Å². The third kappa shape index (κ3) is 4.54. The molecule has 2 N–H and O–H groups in total. The van der Waals surface area contributed by atoms with Crippen LogP contribution in [-0.2, 0) is 11.3 Å². The summed E-state index contributed by atoms with van der Waals surface area (Å²) in [4.78, 5) is 11.9. The molecule has 0 aliphatic rings. The topological polar surface area (TPSA) is 58.6 Å². The summed E-state index contributed by atoms with van der Waals surface area (Å²) in [5, 5.41) is 11.6. The van der Waals surface area contributed by atoms with Crippen LogP contribution in [0.2, 0.25) is 0 Å². The van der Waals surface area contributed by atoms with Crippen molar-refractivity contribution in [3.05, 3.63) is 35.4 Å². The second-order valence-electron chi connectivity index (χ2n) is 4.02. The lowest BCUT2D eigenvalue weighted by atomic mass is 10.1. The number of benzene rings is 1. The molecule has 1 unspecified atom stereocenters. The molecule has 17 heavy (non-hydrogen) atoms. The smallest absolute Gasteiger partial charge is 0.251 e. The quantitative estimate of drug-likeness (QED) is 0.784. The predicted octanol–water partition coefficient (Wildman–Crippen LogP) is 1.33. The Labute approximate surface area is 102 Å². The first-order valence-corrected chi connectivity index (χ1v) is 5.67. The van der Waals surface area contributed by atoms with Crippen LogP contribution in [0.15, 0.2) is 24.3 Å². The van der Waals surface area contributed by atoms with E-state index in [2.05, 4.69) is 5.32 Å². The number of hydrogen-bond acceptors (Lipinski definition) is 3. The highest BCUT2D eigenvalue weighted by Crippen LogP contribution is 2.07. The third-order valence-electron chi connectivity index (χ3n) is 2.44. The van der Waals surface area contributed by atoms with Gasteiger partial charge in [-0.1, -0.05) is 12.1 Å². The summed E-state index contributed by atoms with van der Waals surface area (Å²) < 4.78 is 5.02. The zero-order valence-electron chi connectivity index (χ0n) is 10.3. The number of aliphatic hydroxyl groups excluding tert-OH is 1. The van der Waals surface area contributed by atoms with Crippen molar-refractivity contribution >= 4 is 5.91 Å². The molecule has 0 fully saturated rings. The molecule has 0 bridgehead atoms. The molecule has 0 aliphatic heterocycles. The standard InChI is InChI=1S/C13H19NO3/c1-10(6-7-15)14-13(16)12-5-3-4-11(8-12)9-17-2/h3-5,8,10,15H,6-7,9H2,1-2H3,(H,14,16). The number of methoxy groups -OCH3 is 1. The molecule has 1 atom stereocenters. The number of rotatable bonds is 6. The Bertz CT molecular complexity index is 365. The monoisotopic (exact) mass is 237 g/mol. The lowest BCUT2D eigenvalue weighted by molar-refractivity contribution is 0.0934. The molecule has 4 heteroatoms. The Balaban J connectivity index is 2.65. The molecule has 94 valence electrons. The Hall–Kier alpha value is -1.39. The molecule has 1 aromatic rings. The van der Waals surface area contributed by atoms with Crippen LogP contribution in [0.4, 0.5) is 0 Å². The van der Waals surface area contributed by atoms with E-state index in [1.807, 2.05) is 25.1 Å². The maximum absolute atomic E-state index is 11.9. The van der Waals surface area contributed by atoms with Crippen molar-refractivity contribution in [1.29, 1.82) is 0 Å². The number of carbonyl (C=O) groups excluding carboxylic acids is 1. The van der Waals surface area contributed by atoms with Crippen molar-refractivity contribution in [2.75, 3.05) is 13.7 Å². The summed E-state index contributed by atoms with van der Waals surface area (Å²) in [5.74, 6) is -0.121. The Morgan fingerprint density at radius 2 is 2.29 bits per heavy atom. The summed E-state index contributed by atoms with van der Waals surface area (Å²) in [7, 11) is 1.62. The van der Waals surface area contributed by atoms with Gasteiger partial charge in [-0.3, -0.25) is 4.79 Å². The van der Waals surface area contributed by atoms with E-state index in [-0.39, 0.29) is 18.6 Å². The molecule has 0 spiro atoms. The van der Waals surface area contributed by atoms with Crippen molar-refractivity contribution in [1.82, 2.24) is 5.32 Å². The summed E-state index contributed by atoms with van der Waals surface area (Å²) in [6.45, 7) is 2.44. The van der Waals surface area contributed by atoms with E-state index in [1.54, 1.807) is 13.2 Å². The van der Waals surface area contributed by atoms with Crippen LogP contribution in [0.25, 0.3) is 0 Å². The second kappa shape index (κ2) is 7.04. The van der Waals surface area contributed by atoms with Crippen molar-refractivity contribution in [2.24, 2.45) is 0 Å². The maximum Gasteiger partial charge on any atom is 0.251 e. The summed E-state index contributed by atoms with van der Waals surface area (Å²) >= 11 is 0. The van der Waals surface area contributed by atoms with Gasteiger partial charge in [0.25, 0.3) is 5.91 Å². The minimum absolute atomic E-state index is 0.0291. The van der Waals surface area contributed by atoms with Crippen molar-refractivity contribution < 1.29 is 14.6 Å². The Morgan fingerprint density at radius 3 is 2.94 bits per heavy atom. The fraction of sp³-hybridized carbons (Fsp3) is 0.462. The zero-order valence-corrected chi connectivity index (χ0v) is 10.3. The van der Waals surface area contributed by atoms with Crippen LogP contribution in [0.1, 0.15) is 29.3 Å². The first-order chi connectivity index (χ1) is 8.17. The number of ether oxygens (including phenoxy) is 1. The summed E-state index contributed by atoms with van der Waals surface area (Å²) in [6, 6.07) is 7.29.